The lowest BCUT2D eigenvalue weighted by molar-refractivity contribution is -0.145. The molecule has 1 fully saturated rings. The maximum atomic E-state index is 11.8. The topological polar surface area (TPSA) is 104 Å². The lowest BCUT2D eigenvalue weighted by Gasteiger charge is -2.34. The molecule has 0 amide bonds. The Balaban J connectivity index is 2.67. The van der Waals surface area contributed by atoms with Gasteiger partial charge in [-0.15, -0.1) is 0 Å². The van der Waals surface area contributed by atoms with Crippen LogP contribution in [0.3, 0.4) is 0 Å². The maximum absolute atomic E-state index is 11.8. The number of methoxy groups -OCH3 is 1. The van der Waals surface area contributed by atoms with Gasteiger partial charge in [-0.05, 0) is 25.0 Å². The number of carbonyl (C=O) groups is 2. The Bertz CT molecular complexity index is 572. The van der Waals surface area contributed by atoms with Crippen LogP contribution in [-0.2, 0) is 10.2 Å². The van der Waals surface area contributed by atoms with E-state index in [1.165, 1.54) is 19.2 Å². The molecular formula is C15H18O6. The molecular weight excluding hydrogens is 276 g/mol. The number of carboxylic acids is 2. The number of hydrogen-bond donors (Lipinski definition) is 3. The third-order valence-electron chi connectivity index (χ3n) is 4.17. The number of rotatable bonds is 4. The number of ether oxygens (including phenoxy) is 1. The van der Waals surface area contributed by atoms with Crippen molar-refractivity contribution in [1.29, 1.82) is 0 Å². The van der Waals surface area contributed by atoms with Crippen molar-refractivity contribution in [3.8, 4) is 11.5 Å². The number of hydrogen-bond acceptors (Lipinski definition) is 4. The van der Waals surface area contributed by atoms with Gasteiger partial charge < -0.3 is 20.1 Å². The predicted octanol–water partition coefficient (Wildman–Crippen LogP) is 2.39. The van der Waals surface area contributed by atoms with Crippen LogP contribution in [0.2, 0.25) is 0 Å². The summed E-state index contributed by atoms with van der Waals surface area (Å²) in [5, 5.41) is 29.1. The fraction of sp³-hybridized carbons (Fsp3) is 0.467. The molecule has 0 spiro atoms. The van der Waals surface area contributed by atoms with E-state index >= 15 is 0 Å². The highest BCUT2D eigenvalue weighted by molar-refractivity contribution is 5.91. The molecule has 6 heteroatoms. The van der Waals surface area contributed by atoms with Crippen molar-refractivity contribution in [2.45, 2.75) is 37.5 Å². The Morgan fingerprint density at radius 2 is 1.76 bits per heavy atom. The van der Waals surface area contributed by atoms with Crippen LogP contribution in [0.25, 0.3) is 0 Å². The summed E-state index contributed by atoms with van der Waals surface area (Å²) in [7, 11) is 1.30. The molecule has 3 N–H and O–H groups in total. The van der Waals surface area contributed by atoms with Gasteiger partial charge in [-0.1, -0.05) is 19.3 Å². The van der Waals surface area contributed by atoms with Crippen LogP contribution >= 0.6 is 0 Å². The van der Waals surface area contributed by atoms with Crippen LogP contribution in [-0.4, -0.2) is 34.4 Å². The molecule has 0 heterocycles. The Morgan fingerprint density at radius 1 is 1.14 bits per heavy atom. The summed E-state index contributed by atoms with van der Waals surface area (Å²) in [5.74, 6) is -2.53. The summed E-state index contributed by atoms with van der Waals surface area (Å²) in [6.07, 6.45) is 3.15. The standard InChI is InChI=1S/C15H18O6/c1-21-11-8-9(13(17)18)7-10(12(11)16)15(14(19)20)5-3-2-4-6-15/h7-8,16H,2-6H2,1H3,(H,17,18)(H,19,20). The monoisotopic (exact) mass is 294 g/mol. The van der Waals surface area contributed by atoms with Gasteiger partial charge in [0.05, 0.1) is 18.1 Å². The molecule has 6 nitrogen and oxygen atoms in total. The fourth-order valence-corrected chi connectivity index (χ4v) is 3.01. The van der Waals surface area contributed by atoms with Crippen LogP contribution in [0.5, 0.6) is 11.5 Å². The SMILES string of the molecule is COc1cc(C(=O)O)cc(C2(C(=O)O)CCCCC2)c1O. The van der Waals surface area contributed by atoms with Crippen molar-refractivity contribution in [3.63, 3.8) is 0 Å². The molecule has 0 aliphatic heterocycles. The van der Waals surface area contributed by atoms with Gasteiger partial charge in [-0.2, -0.15) is 0 Å². The third-order valence-corrected chi connectivity index (χ3v) is 4.17. The van der Waals surface area contributed by atoms with Gasteiger partial charge in [0, 0.05) is 5.56 Å². The molecule has 1 saturated carbocycles. The van der Waals surface area contributed by atoms with Crippen LogP contribution in [0.4, 0.5) is 0 Å². The van der Waals surface area contributed by atoms with Gasteiger partial charge in [0.2, 0.25) is 0 Å². The summed E-state index contributed by atoms with van der Waals surface area (Å²) in [6.45, 7) is 0. The summed E-state index contributed by atoms with van der Waals surface area (Å²) in [5.41, 5.74) is -1.21. The predicted molar refractivity (Wildman–Crippen MR) is 74.0 cm³/mol. The average Bonchev–Trinajstić information content (AvgIpc) is 2.47. The van der Waals surface area contributed by atoms with Crippen molar-refractivity contribution in [3.05, 3.63) is 23.3 Å². The zero-order valence-corrected chi connectivity index (χ0v) is 11.8. The lowest BCUT2D eigenvalue weighted by Crippen LogP contribution is -2.38. The van der Waals surface area contributed by atoms with Gasteiger partial charge in [0.1, 0.15) is 0 Å². The van der Waals surface area contributed by atoms with Crippen molar-refractivity contribution in [2.24, 2.45) is 0 Å². The Hall–Kier alpha value is -2.24. The van der Waals surface area contributed by atoms with Gasteiger partial charge >= 0.3 is 11.9 Å². The summed E-state index contributed by atoms with van der Waals surface area (Å²) < 4.78 is 4.99. The maximum Gasteiger partial charge on any atom is 0.335 e. The molecule has 2 rings (SSSR count). The van der Waals surface area contributed by atoms with E-state index in [2.05, 4.69) is 0 Å². The lowest BCUT2D eigenvalue weighted by atomic mass is 9.69. The molecule has 21 heavy (non-hydrogen) atoms. The van der Waals surface area contributed by atoms with Crippen molar-refractivity contribution in [2.75, 3.05) is 7.11 Å². The number of aromatic hydroxyl groups is 1. The highest BCUT2D eigenvalue weighted by atomic mass is 16.5. The van der Waals surface area contributed by atoms with Crippen molar-refractivity contribution >= 4 is 11.9 Å². The minimum atomic E-state index is -1.25. The largest absolute Gasteiger partial charge is 0.504 e. The molecule has 1 aliphatic rings. The van der Waals surface area contributed by atoms with E-state index in [0.29, 0.717) is 12.8 Å². The Labute approximate surface area is 122 Å². The number of phenolic OH excluding ortho intramolecular Hbond substituents is 1. The number of phenols is 1. The van der Waals surface area contributed by atoms with E-state index in [9.17, 15) is 19.8 Å². The van der Waals surface area contributed by atoms with Crippen molar-refractivity contribution < 1.29 is 29.6 Å². The van der Waals surface area contributed by atoms with Crippen LogP contribution in [0.15, 0.2) is 12.1 Å². The molecule has 0 atom stereocenters. The fourth-order valence-electron chi connectivity index (χ4n) is 3.01. The zero-order valence-electron chi connectivity index (χ0n) is 11.8. The number of benzene rings is 1. The first kappa shape index (κ1) is 15.2. The molecule has 1 aromatic carbocycles. The minimum Gasteiger partial charge on any atom is -0.504 e. The molecule has 0 aromatic heterocycles. The zero-order chi connectivity index (χ0) is 15.6. The first-order valence-electron chi connectivity index (χ1n) is 6.80. The van der Waals surface area contributed by atoms with Gasteiger partial charge in [-0.3, -0.25) is 4.79 Å². The normalized spacial score (nSPS) is 17.2. The average molecular weight is 294 g/mol. The van der Waals surface area contributed by atoms with Crippen LogP contribution in [0, 0.1) is 0 Å². The smallest absolute Gasteiger partial charge is 0.335 e. The number of aromatic carboxylic acids is 1. The number of aliphatic carboxylic acids is 1. The Morgan fingerprint density at radius 3 is 2.24 bits per heavy atom. The molecule has 0 bridgehead atoms. The van der Waals surface area contributed by atoms with E-state index in [1.807, 2.05) is 0 Å². The Kier molecular flexibility index (Phi) is 4.06. The molecule has 1 aromatic rings. The van der Waals surface area contributed by atoms with E-state index in [4.69, 9.17) is 9.84 Å². The van der Waals surface area contributed by atoms with Crippen LogP contribution in [0.1, 0.15) is 48.0 Å². The molecule has 0 unspecified atom stereocenters. The summed E-state index contributed by atoms with van der Waals surface area (Å²) in [6, 6.07) is 2.44. The van der Waals surface area contributed by atoms with Gasteiger partial charge in [-0.25, -0.2) is 4.79 Å². The first-order valence-corrected chi connectivity index (χ1v) is 6.80. The van der Waals surface area contributed by atoms with Gasteiger partial charge in [0.25, 0.3) is 0 Å². The van der Waals surface area contributed by atoms with Crippen molar-refractivity contribution in [1.82, 2.24) is 0 Å². The quantitative estimate of drug-likeness (QED) is 0.787. The van der Waals surface area contributed by atoms with E-state index in [-0.39, 0.29) is 22.6 Å². The molecule has 0 radical (unpaired) electrons. The highest BCUT2D eigenvalue weighted by Gasteiger charge is 2.44. The van der Waals surface area contributed by atoms with E-state index < -0.39 is 17.4 Å². The van der Waals surface area contributed by atoms with Crippen LogP contribution < -0.4 is 4.74 Å². The highest BCUT2D eigenvalue weighted by Crippen LogP contribution is 2.46. The number of carboxylic acid groups (broad SMARTS) is 2. The molecule has 1 aliphatic carbocycles. The summed E-state index contributed by atoms with van der Waals surface area (Å²) in [4.78, 5) is 23.0. The van der Waals surface area contributed by atoms with E-state index in [1.54, 1.807) is 0 Å². The second-order valence-electron chi connectivity index (χ2n) is 5.33. The second-order valence-corrected chi connectivity index (χ2v) is 5.33. The first-order chi connectivity index (χ1) is 9.92. The molecule has 114 valence electrons. The minimum absolute atomic E-state index is 0.0175. The second kappa shape index (κ2) is 5.63. The van der Waals surface area contributed by atoms with E-state index in [0.717, 1.165) is 19.3 Å². The third kappa shape index (κ3) is 2.53. The summed E-state index contributed by atoms with van der Waals surface area (Å²) >= 11 is 0. The molecule has 0 saturated heterocycles. The van der Waals surface area contributed by atoms with Gasteiger partial charge in [0.15, 0.2) is 11.5 Å².